The van der Waals surface area contributed by atoms with Crippen molar-refractivity contribution in [3.63, 3.8) is 0 Å². The molecule has 1 atom stereocenters. The number of anilines is 1. The van der Waals surface area contributed by atoms with Crippen LogP contribution in [0.1, 0.15) is 54.7 Å². The zero-order chi connectivity index (χ0) is 23.3. The molecule has 1 N–H and O–H groups in total. The molecular formula is C27H30FNO3. The Balaban J connectivity index is 1.90. The SMILES string of the molecule is COc1ccc(C(CC(=O)c2ccc(C(C)(C)C)cc2)Nc2ccc(F)cc2)cc1OC. The molecule has 3 rings (SSSR count). The van der Waals surface area contributed by atoms with Crippen LogP contribution in [0.3, 0.4) is 0 Å². The van der Waals surface area contributed by atoms with Crippen LogP contribution in [0.15, 0.2) is 66.7 Å². The second-order valence-electron chi connectivity index (χ2n) is 8.77. The summed E-state index contributed by atoms with van der Waals surface area (Å²) in [7, 11) is 3.16. The summed E-state index contributed by atoms with van der Waals surface area (Å²) in [6, 6.07) is 19.1. The summed E-state index contributed by atoms with van der Waals surface area (Å²) in [5.74, 6) is 0.895. The number of nitrogens with one attached hydrogen (secondary N) is 1. The third kappa shape index (κ3) is 5.67. The Morgan fingerprint density at radius 2 is 1.53 bits per heavy atom. The first-order valence-corrected chi connectivity index (χ1v) is 10.6. The van der Waals surface area contributed by atoms with E-state index in [1.807, 2.05) is 42.5 Å². The van der Waals surface area contributed by atoms with E-state index in [0.717, 1.165) is 11.3 Å². The van der Waals surface area contributed by atoms with Gasteiger partial charge in [0, 0.05) is 17.7 Å². The molecule has 0 aliphatic rings. The monoisotopic (exact) mass is 435 g/mol. The van der Waals surface area contributed by atoms with Crippen molar-refractivity contribution in [1.82, 2.24) is 0 Å². The zero-order valence-corrected chi connectivity index (χ0v) is 19.2. The number of ketones is 1. The lowest BCUT2D eigenvalue weighted by Gasteiger charge is -2.22. The maximum atomic E-state index is 13.4. The Kier molecular flexibility index (Phi) is 7.18. The van der Waals surface area contributed by atoms with Crippen LogP contribution < -0.4 is 14.8 Å². The molecule has 0 fully saturated rings. The minimum Gasteiger partial charge on any atom is -0.493 e. The maximum Gasteiger partial charge on any atom is 0.165 e. The standard InChI is InChI=1S/C27H30FNO3/c1-27(2,3)20-9-6-18(7-10-20)24(30)17-23(29-22-13-11-21(28)12-14-22)19-8-15-25(31-4)26(16-19)32-5/h6-16,23,29H,17H2,1-5H3. The highest BCUT2D eigenvalue weighted by Crippen LogP contribution is 2.33. The van der Waals surface area contributed by atoms with Gasteiger partial charge in [0.05, 0.1) is 20.3 Å². The Morgan fingerprint density at radius 1 is 0.906 bits per heavy atom. The number of methoxy groups -OCH3 is 2. The van der Waals surface area contributed by atoms with E-state index < -0.39 is 0 Å². The number of carbonyl (C=O) groups is 1. The molecule has 0 amide bonds. The molecule has 3 aromatic rings. The number of carbonyl (C=O) groups excluding carboxylic acids is 1. The molecule has 5 heteroatoms. The highest BCUT2D eigenvalue weighted by atomic mass is 19.1. The van der Waals surface area contributed by atoms with E-state index in [2.05, 4.69) is 26.1 Å². The third-order valence-electron chi connectivity index (χ3n) is 5.46. The molecule has 0 bridgehead atoms. The van der Waals surface area contributed by atoms with Gasteiger partial charge in [-0.15, -0.1) is 0 Å². The molecule has 4 nitrogen and oxygen atoms in total. The van der Waals surface area contributed by atoms with Gasteiger partial charge in [-0.25, -0.2) is 4.39 Å². The van der Waals surface area contributed by atoms with E-state index in [1.54, 1.807) is 26.4 Å². The van der Waals surface area contributed by atoms with Gasteiger partial charge in [-0.3, -0.25) is 4.79 Å². The fraction of sp³-hybridized carbons (Fsp3) is 0.296. The first-order chi connectivity index (χ1) is 15.2. The molecule has 32 heavy (non-hydrogen) atoms. The van der Waals surface area contributed by atoms with Crippen LogP contribution in [0.25, 0.3) is 0 Å². The van der Waals surface area contributed by atoms with Crippen LogP contribution in [-0.2, 0) is 5.41 Å². The number of Topliss-reactive ketones (excluding diaryl/α,β-unsaturated/α-hetero) is 1. The Labute approximate surface area is 189 Å². The van der Waals surface area contributed by atoms with Crippen LogP contribution >= 0.6 is 0 Å². The van der Waals surface area contributed by atoms with Crippen molar-refractivity contribution in [1.29, 1.82) is 0 Å². The number of hydrogen-bond acceptors (Lipinski definition) is 4. The fourth-order valence-corrected chi connectivity index (χ4v) is 3.53. The Hall–Kier alpha value is -3.34. The second kappa shape index (κ2) is 9.86. The highest BCUT2D eigenvalue weighted by Gasteiger charge is 2.20. The molecule has 3 aromatic carbocycles. The normalized spacial score (nSPS) is 12.2. The largest absolute Gasteiger partial charge is 0.493 e. The summed E-state index contributed by atoms with van der Waals surface area (Å²) < 4.78 is 24.1. The van der Waals surface area contributed by atoms with Crippen LogP contribution in [0.2, 0.25) is 0 Å². The number of hydrogen-bond donors (Lipinski definition) is 1. The molecule has 0 radical (unpaired) electrons. The van der Waals surface area contributed by atoms with E-state index in [9.17, 15) is 9.18 Å². The summed E-state index contributed by atoms with van der Waals surface area (Å²) in [6.07, 6.45) is 0.224. The fourth-order valence-electron chi connectivity index (χ4n) is 3.53. The van der Waals surface area contributed by atoms with Gasteiger partial charge in [0.1, 0.15) is 5.82 Å². The molecule has 1 unspecified atom stereocenters. The Bertz CT molecular complexity index is 1050. The summed E-state index contributed by atoms with van der Waals surface area (Å²) in [4.78, 5) is 13.2. The van der Waals surface area contributed by atoms with Crippen molar-refractivity contribution in [3.05, 3.63) is 89.2 Å². The van der Waals surface area contributed by atoms with Gasteiger partial charge in [-0.05, 0) is 52.9 Å². The lowest BCUT2D eigenvalue weighted by Crippen LogP contribution is -2.16. The third-order valence-corrected chi connectivity index (χ3v) is 5.46. The first kappa shape index (κ1) is 23.3. The summed E-state index contributed by atoms with van der Waals surface area (Å²) in [6.45, 7) is 6.43. The summed E-state index contributed by atoms with van der Waals surface area (Å²) in [5, 5.41) is 3.36. The van der Waals surface area contributed by atoms with Crippen LogP contribution in [0.4, 0.5) is 10.1 Å². The number of benzene rings is 3. The van der Waals surface area contributed by atoms with Gasteiger partial charge < -0.3 is 14.8 Å². The van der Waals surface area contributed by atoms with E-state index in [0.29, 0.717) is 17.1 Å². The van der Waals surface area contributed by atoms with Crippen molar-refractivity contribution in [2.45, 2.75) is 38.6 Å². The van der Waals surface area contributed by atoms with Gasteiger partial charge in [0.25, 0.3) is 0 Å². The topological polar surface area (TPSA) is 47.6 Å². The van der Waals surface area contributed by atoms with Gasteiger partial charge in [0.15, 0.2) is 17.3 Å². The van der Waals surface area contributed by atoms with E-state index in [1.165, 1.54) is 17.7 Å². The second-order valence-corrected chi connectivity index (χ2v) is 8.77. The molecule has 0 saturated carbocycles. The molecule has 0 heterocycles. The van der Waals surface area contributed by atoms with Crippen LogP contribution in [0.5, 0.6) is 11.5 Å². The summed E-state index contributed by atoms with van der Waals surface area (Å²) >= 11 is 0. The van der Waals surface area contributed by atoms with Crippen molar-refractivity contribution in [2.24, 2.45) is 0 Å². The smallest absolute Gasteiger partial charge is 0.165 e. The molecule has 0 saturated heterocycles. The zero-order valence-electron chi connectivity index (χ0n) is 19.2. The maximum absolute atomic E-state index is 13.4. The van der Waals surface area contributed by atoms with E-state index in [4.69, 9.17) is 9.47 Å². The van der Waals surface area contributed by atoms with Gasteiger partial charge >= 0.3 is 0 Å². The highest BCUT2D eigenvalue weighted by molar-refractivity contribution is 5.96. The minimum absolute atomic E-state index is 0.0138. The molecule has 0 aromatic heterocycles. The molecule has 0 aliphatic carbocycles. The lowest BCUT2D eigenvalue weighted by atomic mass is 9.86. The molecular weight excluding hydrogens is 405 g/mol. The van der Waals surface area contributed by atoms with Crippen molar-refractivity contribution in [2.75, 3.05) is 19.5 Å². The van der Waals surface area contributed by atoms with Gasteiger partial charge in [0.2, 0.25) is 0 Å². The van der Waals surface area contributed by atoms with Crippen molar-refractivity contribution < 1.29 is 18.7 Å². The van der Waals surface area contributed by atoms with Crippen LogP contribution in [0, 0.1) is 5.82 Å². The average Bonchev–Trinajstić information content (AvgIpc) is 2.79. The van der Waals surface area contributed by atoms with Crippen molar-refractivity contribution in [3.8, 4) is 11.5 Å². The summed E-state index contributed by atoms with van der Waals surface area (Å²) in [5.41, 5.74) is 3.45. The minimum atomic E-state index is -0.338. The quantitative estimate of drug-likeness (QED) is 0.407. The van der Waals surface area contributed by atoms with E-state index in [-0.39, 0.29) is 29.5 Å². The van der Waals surface area contributed by atoms with E-state index >= 15 is 0 Å². The van der Waals surface area contributed by atoms with Gasteiger partial charge in [-0.1, -0.05) is 51.1 Å². The average molecular weight is 436 g/mol. The Morgan fingerprint density at radius 3 is 2.09 bits per heavy atom. The van der Waals surface area contributed by atoms with Crippen molar-refractivity contribution >= 4 is 11.5 Å². The number of halogens is 1. The lowest BCUT2D eigenvalue weighted by molar-refractivity contribution is 0.0976. The number of rotatable bonds is 8. The van der Waals surface area contributed by atoms with Crippen LogP contribution in [-0.4, -0.2) is 20.0 Å². The predicted octanol–water partition coefficient (Wildman–Crippen LogP) is 6.57. The predicted molar refractivity (Wildman–Crippen MR) is 126 cm³/mol. The molecule has 168 valence electrons. The molecule has 0 aliphatic heterocycles. The molecule has 0 spiro atoms. The first-order valence-electron chi connectivity index (χ1n) is 10.6. The van der Waals surface area contributed by atoms with Gasteiger partial charge in [-0.2, -0.15) is 0 Å². The number of ether oxygens (including phenoxy) is 2.